The molecule has 1 N–H and O–H groups in total. The zero-order valence-corrected chi connectivity index (χ0v) is 13.6. The average Bonchev–Trinajstić information content (AvgIpc) is 2.64. The van der Waals surface area contributed by atoms with E-state index in [4.69, 9.17) is 9.84 Å². The third-order valence-electron chi connectivity index (χ3n) is 2.68. The van der Waals surface area contributed by atoms with E-state index in [0.717, 1.165) is 9.35 Å². The summed E-state index contributed by atoms with van der Waals surface area (Å²) in [6.07, 6.45) is 0. The predicted octanol–water partition coefficient (Wildman–Crippen LogP) is 2.62. The van der Waals surface area contributed by atoms with Crippen LogP contribution >= 0.6 is 27.3 Å². The Hall–Kier alpha value is -1.08. The van der Waals surface area contributed by atoms with Gasteiger partial charge in [-0.05, 0) is 22.9 Å². The average molecular weight is 350 g/mol. The molecule has 1 atom stereocenters. The van der Waals surface area contributed by atoms with Gasteiger partial charge in [0.05, 0.1) is 17.5 Å². The van der Waals surface area contributed by atoms with Gasteiger partial charge in [-0.1, -0.05) is 6.92 Å². The molecule has 0 aliphatic heterocycles. The number of carboxylic acid groups (broad SMARTS) is 1. The zero-order valence-electron chi connectivity index (χ0n) is 11.2. The van der Waals surface area contributed by atoms with E-state index in [1.54, 1.807) is 14.0 Å². The highest BCUT2D eigenvalue weighted by molar-refractivity contribution is 9.10. The maximum Gasteiger partial charge on any atom is 0.308 e. The summed E-state index contributed by atoms with van der Waals surface area (Å²) >= 11 is 4.70. The van der Waals surface area contributed by atoms with E-state index in [1.807, 2.05) is 6.92 Å². The standard InChI is InChI=1S/C12H16BrNO4S/c1-6(12(16)17)5-14(3)11(15)10-9(18-4)8(13)7(2)19-10/h6H,5H2,1-4H3,(H,16,17). The first kappa shape index (κ1) is 16.0. The van der Waals surface area contributed by atoms with E-state index >= 15 is 0 Å². The molecule has 0 saturated carbocycles. The van der Waals surface area contributed by atoms with Crippen LogP contribution < -0.4 is 4.74 Å². The van der Waals surface area contributed by atoms with Crippen LogP contribution in [-0.2, 0) is 4.79 Å². The number of amides is 1. The minimum atomic E-state index is -0.921. The van der Waals surface area contributed by atoms with Crippen LogP contribution in [0, 0.1) is 12.8 Å². The van der Waals surface area contributed by atoms with Gasteiger partial charge in [0.25, 0.3) is 5.91 Å². The Bertz CT molecular complexity index is 500. The highest BCUT2D eigenvalue weighted by Crippen LogP contribution is 2.39. The van der Waals surface area contributed by atoms with Gasteiger partial charge in [-0.15, -0.1) is 11.3 Å². The Morgan fingerprint density at radius 2 is 2.11 bits per heavy atom. The summed E-state index contributed by atoms with van der Waals surface area (Å²) in [5, 5.41) is 8.86. The molecule has 0 fully saturated rings. The molecule has 0 aliphatic carbocycles. The fourth-order valence-electron chi connectivity index (χ4n) is 1.57. The van der Waals surface area contributed by atoms with Gasteiger partial charge in [-0.3, -0.25) is 9.59 Å². The summed E-state index contributed by atoms with van der Waals surface area (Å²) in [7, 11) is 3.09. The van der Waals surface area contributed by atoms with Gasteiger partial charge in [0, 0.05) is 18.5 Å². The molecule has 0 radical (unpaired) electrons. The number of methoxy groups -OCH3 is 1. The van der Waals surface area contributed by atoms with Crippen LogP contribution in [0.15, 0.2) is 4.47 Å². The van der Waals surface area contributed by atoms with E-state index in [-0.39, 0.29) is 12.5 Å². The summed E-state index contributed by atoms with van der Waals surface area (Å²) < 4.78 is 5.99. The van der Waals surface area contributed by atoms with Crippen molar-refractivity contribution in [2.45, 2.75) is 13.8 Å². The Balaban J connectivity index is 2.94. The summed E-state index contributed by atoms with van der Waals surface area (Å²) in [4.78, 5) is 25.9. The van der Waals surface area contributed by atoms with E-state index < -0.39 is 11.9 Å². The molecular weight excluding hydrogens is 334 g/mol. The number of rotatable bonds is 5. The molecule has 1 rings (SSSR count). The molecule has 19 heavy (non-hydrogen) atoms. The van der Waals surface area contributed by atoms with Crippen molar-refractivity contribution >= 4 is 39.1 Å². The molecule has 1 aromatic rings. The first-order chi connectivity index (χ1) is 8.79. The molecule has 1 heterocycles. The molecule has 106 valence electrons. The number of carbonyl (C=O) groups excluding carboxylic acids is 1. The van der Waals surface area contributed by atoms with Crippen molar-refractivity contribution in [3.05, 3.63) is 14.2 Å². The van der Waals surface area contributed by atoms with Crippen molar-refractivity contribution in [3.8, 4) is 5.75 Å². The summed E-state index contributed by atoms with van der Waals surface area (Å²) in [6, 6.07) is 0. The minimum absolute atomic E-state index is 0.159. The van der Waals surface area contributed by atoms with Crippen molar-refractivity contribution in [2.75, 3.05) is 20.7 Å². The maximum absolute atomic E-state index is 12.3. The van der Waals surface area contributed by atoms with Gasteiger partial charge in [-0.2, -0.15) is 0 Å². The van der Waals surface area contributed by atoms with E-state index in [0.29, 0.717) is 10.6 Å². The normalized spacial score (nSPS) is 12.1. The van der Waals surface area contributed by atoms with Crippen LogP contribution in [0.2, 0.25) is 0 Å². The van der Waals surface area contributed by atoms with Crippen molar-refractivity contribution in [3.63, 3.8) is 0 Å². The number of hydrogen-bond donors (Lipinski definition) is 1. The largest absolute Gasteiger partial charge is 0.494 e. The van der Waals surface area contributed by atoms with Crippen LogP contribution in [0.25, 0.3) is 0 Å². The van der Waals surface area contributed by atoms with Gasteiger partial charge in [0.1, 0.15) is 4.88 Å². The summed E-state index contributed by atoms with van der Waals surface area (Å²) in [5.74, 6) is -1.26. The summed E-state index contributed by atoms with van der Waals surface area (Å²) in [5.41, 5.74) is 0. The lowest BCUT2D eigenvalue weighted by Crippen LogP contribution is -2.33. The SMILES string of the molecule is COc1c(C(=O)N(C)CC(C)C(=O)O)sc(C)c1Br. The number of aliphatic carboxylic acids is 1. The number of hydrogen-bond acceptors (Lipinski definition) is 4. The van der Waals surface area contributed by atoms with E-state index in [1.165, 1.54) is 23.3 Å². The predicted molar refractivity (Wildman–Crippen MR) is 77.1 cm³/mol. The van der Waals surface area contributed by atoms with E-state index in [2.05, 4.69) is 15.9 Å². The minimum Gasteiger partial charge on any atom is -0.494 e. The Morgan fingerprint density at radius 3 is 2.58 bits per heavy atom. The van der Waals surface area contributed by atoms with Crippen molar-refractivity contribution in [1.82, 2.24) is 4.90 Å². The molecule has 0 bridgehead atoms. The first-order valence-corrected chi connectivity index (χ1v) is 7.21. The first-order valence-electron chi connectivity index (χ1n) is 5.60. The number of ether oxygens (including phenoxy) is 1. The Morgan fingerprint density at radius 1 is 1.53 bits per heavy atom. The molecule has 1 amide bonds. The topological polar surface area (TPSA) is 66.8 Å². The van der Waals surface area contributed by atoms with Crippen molar-refractivity contribution in [1.29, 1.82) is 0 Å². The highest BCUT2D eigenvalue weighted by atomic mass is 79.9. The van der Waals surface area contributed by atoms with Gasteiger partial charge in [-0.25, -0.2) is 0 Å². The molecular formula is C12H16BrNO4S. The lowest BCUT2D eigenvalue weighted by atomic mass is 10.2. The van der Waals surface area contributed by atoms with Crippen molar-refractivity contribution in [2.24, 2.45) is 5.92 Å². The second-order valence-corrected chi connectivity index (χ2v) is 6.28. The number of carbonyl (C=O) groups is 2. The molecule has 5 nitrogen and oxygen atoms in total. The number of halogens is 1. The molecule has 0 saturated heterocycles. The monoisotopic (exact) mass is 349 g/mol. The van der Waals surface area contributed by atoms with Crippen molar-refractivity contribution < 1.29 is 19.4 Å². The fraction of sp³-hybridized carbons (Fsp3) is 0.500. The van der Waals surface area contributed by atoms with Crippen LogP contribution in [0.4, 0.5) is 0 Å². The molecule has 0 aromatic carbocycles. The molecule has 7 heteroatoms. The summed E-state index contributed by atoms with van der Waals surface area (Å²) in [6.45, 7) is 3.61. The molecule has 0 spiro atoms. The van der Waals surface area contributed by atoms with Crippen LogP contribution in [0.5, 0.6) is 5.75 Å². The Labute approximate surface area is 124 Å². The van der Waals surface area contributed by atoms with Gasteiger partial charge in [0.2, 0.25) is 0 Å². The number of aryl methyl sites for hydroxylation is 1. The van der Waals surface area contributed by atoms with Crippen LogP contribution in [0.3, 0.4) is 0 Å². The third kappa shape index (κ3) is 3.48. The lowest BCUT2D eigenvalue weighted by molar-refractivity contribution is -0.141. The third-order valence-corrected chi connectivity index (χ3v) is 4.98. The van der Waals surface area contributed by atoms with Crippen LogP contribution in [0.1, 0.15) is 21.5 Å². The second-order valence-electron chi connectivity index (χ2n) is 4.26. The quantitative estimate of drug-likeness (QED) is 0.887. The van der Waals surface area contributed by atoms with Gasteiger partial charge >= 0.3 is 5.97 Å². The second kappa shape index (κ2) is 6.38. The number of thiophene rings is 1. The highest BCUT2D eigenvalue weighted by Gasteiger charge is 2.25. The maximum atomic E-state index is 12.3. The number of nitrogens with zero attached hydrogens (tertiary/aromatic N) is 1. The molecule has 0 aliphatic rings. The smallest absolute Gasteiger partial charge is 0.308 e. The Kier molecular flexibility index (Phi) is 5.37. The fourth-order valence-corrected chi connectivity index (χ4v) is 3.32. The van der Waals surface area contributed by atoms with Crippen LogP contribution in [-0.4, -0.2) is 42.6 Å². The molecule has 1 unspecified atom stereocenters. The van der Waals surface area contributed by atoms with Gasteiger partial charge in [0.15, 0.2) is 5.75 Å². The lowest BCUT2D eigenvalue weighted by Gasteiger charge is -2.19. The number of carboxylic acids is 1. The van der Waals surface area contributed by atoms with E-state index in [9.17, 15) is 9.59 Å². The zero-order chi connectivity index (χ0) is 14.7. The molecule has 1 aromatic heterocycles. The van der Waals surface area contributed by atoms with Gasteiger partial charge < -0.3 is 14.7 Å².